The molecule has 0 radical (unpaired) electrons. The smallest absolute Gasteiger partial charge is 0.142 e. The van der Waals surface area contributed by atoms with Crippen LogP contribution in [0.15, 0.2) is 18.3 Å². The fourth-order valence-electron chi connectivity index (χ4n) is 1.03. The number of rotatable bonds is 4. The van der Waals surface area contributed by atoms with Crippen LogP contribution >= 0.6 is 0 Å². The van der Waals surface area contributed by atoms with Crippen LogP contribution in [0.5, 0.6) is 0 Å². The summed E-state index contributed by atoms with van der Waals surface area (Å²) < 4.78 is 0. The van der Waals surface area contributed by atoms with Crippen molar-refractivity contribution in [1.82, 2.24) is 4.98 Å². The van der Waals surface area contributed by atoms with Crippen LogP contribution in [0.2, 0.25) is 0 Å². The third kappa shape index (κ3) is 3.42. The van der Waals surface area contributed by atoms with Crippen molar-refractivity contribution in [2.45, 2.75) is 19.4 Å². The first-order chi connectivity index (χ1) is 6.72. The number of aromatic nitrogens is 1. The number of aliphatic hydroxyl groups excluding tert-OH is 1. The normalized spacial score (nSPS) is 11.8. The van der Waals surface area contributed by atoms with Gasteiger partial charge in [0, 0.05) is 18.4 Å². The highest BCUT2D eigenvalue weighted by molar-refractivity contribution is 5.45. The molecule has 1 atom stereocenters. The zero-order valence-corrected chi connectivity index (χ0v) is 8.07. The van der Waals surface area contributed by atoms with E-state index in [0.717, 1.165) is 5.69 Å². The molecule has 2 N–H and O–H groups in total. The summed E-state index contributed by atoms with van der Waals surface area (Å²) in [6.07, 6.45) is 1.97. The molecule has 14 heavy (non-hydrogen) atoms. The minimum absolute atomic E-state index is 0.306. The quantitative estimate of drug-likeness (QED) is 0.748. The molecule has 0 aliphatic heterocycles. The molecule has 4 heteroatoms. The second-order valence-electron chi connectivity index (χ2n) is 3.11. The van der Waals surface area contributed by atoms with Crippen molar-refractivity contribution in [3.8, 4) is 6.07 Å². The number of anilines is 1. The molecule has 1 aromatic rings. The molecule has 0 aromatic carbocycles. The van der Waals surface area contributed by atoms with Gasteiger partial charge in [0.2, 0.25) is 0 Å². The van der Waals surface area contributed by atoms with Crippen molar-refractivity contribution < 1.29 is 5.11 Å². The summed E-state index contributed by atoms with van der Waals surface area (Å²) in [6.45, 7) is 2.43. The van der Waals surface area contributed by atoms with E-state index >= 15 is 0 Å². The molecule has 0 unspecified atom stereocenters. The molecule has 1 heterocycles. The Labute approximate surface area is 83.2 Å². The average Bonchev–Trinajstić information content (AvgIpc) is 2.18. The molecule has 0 amide bonds. The topological polar surface area (TPSA) is 68.9 Å². The van der Waals surface area contributed by atoms with Gasteiger partial charge in [0.05, 0.1) is 6.10 Å². The monoisotopic (exact) mass is 191 g/mol. The minimum Gasteiger partial charge on any atom is -0.393 e. The first-order valence-corrected chi connectivity index (χ1v) is 4.50. The van der Waals surface area contributed by atoms with Gasteiger partial charge in [-0.1, -0.05) is 0 Å². The lowest BCUT2D eigenvalue weighted by Crippen LogP contribution is -2.09. The first kappa shape index (κ1) is 10.5. The first-order valence-electron chi connectivity index (χ1n) is 4.50. The molecule has 1 rings (SSSR count). The Morgan fingerprint density at radius 3 is 3.14 bits per heavy atom. The van der Waals surface area contributed by atoms with Gasteiger partial charge in [0.1, 0.15) is 11.8 Å². The Morgan fingerprint density at radius 2 is 2.50 bits per heavy atom. The van der Waals surface area contributed by atoms with Gasteiger partial charge in [0.25, 0.3) is 0 Å². The van der Waals surface area contributed by atoms with E-state index in [9.17, 15) is 0 Å². The number of hydrogen-bond donors (Lipinski definition) is 2. The van der Waals surface area contributed by atoms with Crippen molar-refractivity contribution in [1.29, 1.82) is 5.26 Å². The van der Waals surface area contributed by atoms with E-state index in [0.29, 0.717) is 18.7 Å². The highest BCUT2D eigenvalue weighted by Gasteiger charge is 1.97. The Hall–Kier alpha value is -1.60. The summed E-state index contributed by atoms with van der Waals surface area (Å²) >= 11 is 0. The standard InChI is InChI=1S/C10H13N3O/c1-8(14)2-4-12-9-3-5-13-10(6-9)7-11/h3,5-6,8,14H,2,4H2,1H3,(H,12,13)/t8-/m1/s1. The zero-order chi connectivity index (χ0) is 10.4. The number of hydrogen-bond acceptors (Lipinski definition) is 4. The summed E-state index contributed by atoms with van der Waals surface area (Å²) in [4.78, 5) is 3.85. The average molecular weight is 191 g/mol. The van der Waals surface area contributed by atoms with E-state index in [1.807, 2.05) is 6.07 Å². The maximum Gasteiger partial charge on any atom is 0.142 e. The number of nitrogens with zero attached hydrogens (tertiary/aromatic N) is 2. The number of aliphatic hydroxyl groups is 1. The lowest BCUT2D eigenvalue weighted by atomic mass is 10.2. The van der Waals surface area contributed by atoms with Crippen molar-refractivity contribution in [3.63, 3.8) is 0 Å². The van der Waals surface area contributed by atoms with Gasteiger partial charge >= 0.3 is 0 Å². The van der Waals surface area contributed by atoms with E-state index in [1.165, 1.54) is 0 Å². The van der Waals surface area contributed by atoms with E-state index in [2.05, 4.69) is 10.3 Å². The Morgan fingerprint density at radius 1 is 1.71 bits per heavy atom. The summed E-state index contributed by atoms with van der Waals surface area (Å²) in [5.41, 5.74) is 1.25. The van der Waals surface area contributed by atoms with Crippen LogP contribution in [0.1, 0.15) is 19.0 Å². The molecule has 0 aliphatic rings. The van der Waals surface area contributed by atoms with Crippen LogP contribution in [-0.4, -0.2) is 22.7 Å². The van der Waals surface area contributed by atoms with Crippen LogP contribution < -0.4 is 5.32 Å². The fourth-order valence-corrected chi connectivity index (χ4v) is 1.03. The van der Waals surface area contributed by atoms with Gasteiger partial charge < -0.3 is 10.4 Å². The molecule has 0 bridgehead atoms. The van der Waals surface area contributed by atoms with Gasteiger partial charge in [0.15, 0.2) is 0 Å². The van der Waals surface area contributed by atoms with Crippen molar-refractivity contribution >= 4 is 5.69 Å². The molecule has 0 fully saturated rings. The zero-order valence-electron chi connectivity index (χ0n) is 8.07. The van der Waals surface area contributed by atoms with Crippen LogP contribution in [0.3, 0.4) is 0 Å². The fraction of sp³-hybridized carbons (Fsp3) is 0.400. The van der Waals surface area contributed by atoms with Crippen LogP contribution in [0.4, 0.5) is 5.69 Å². The van der Waals surface area contributed by atoms with Crippen molar-refractivity contribution in [3.05, 3.63) is 24.0 Å². The predicted molar refractivity (Wildman–Crippen MR) is 53.7 cm³/mol. The second-order valence-corrected chi connectivity index (χ2v) is 3.11. The molecule has 0 spiro atoms. The van der Waals surface area contributed by atoms with E-state index in [1.54, 1.807) is 25.3 Å². The summed E-state index contributed by atoms with van der Waals surface area (Å²) in [5.74, 6) is 0. The summed E-state index contributed by atoms with van der Waals surface area (Å²) in [6, 6.07) is 5.44. The van der Waals surface area contributed by atoms with Crippen LogP contribution in [0, 0.1) is 11.3 Å². The third-order valence-corrected chi connectivity index (χ3v) is 1.77. The van der Waals surface area contributed by atoms with Crippen molar-refractivity contribution in [2.75, 3.05) is 11.9 Å². The van der Waals surface area contributed by atoms with Crippen LogP contribution in [-0.2, 0) is 0 Å². The van der Waals surface area contributed by atoms with Gasteiger partial charge in [-0.3, -0.25) is 0 Å². The molecule has 0 aliphatic carbocycles. The minimum atomic E-state index is -0.306. The number of nitrogens with one attached hydrogen (secondary N) is 1. The lowest BCUT2D eigenvalue weighted by molar-refractivity contribution is 0.189. The maximum atomic E-state index is 9.03. The van der Waals surface area contributed by atoms with E-state index in [-0.39, 0.29) is 6.10 Å². The SMILES string of the molecule is C[C@@H](O)CCNc1ccnc(C#N)c1. The number of pyridine rings is 1. The van der Waals surface area contributed by atoms with Crippen LogP contribution in [0.25, 0.3) is 0 Å². The second kappa shape index (κ2) is 5.20. The van der Waals surface area contributed by atoms with Gasteiger partial charge in [-0.2, -0.15) is 5.26 Å². The third-order valence-electron chi connectivity index (χ3n) is 1.77. The molecule has 0 saturated carbocycles. The van der Waals surface area contributed by atoms with E-state index in [4.69, 9.17) is 10.4 Å². The Kier molecular flexibility index (Phi) is 3.89. The maximum absolute atomic E-state index is 9.03. The number of nitriles is 1. The van der Waals surface area contributed by atoms with E-state index < -0.39 is 0 Å². The van der Waals surface area contributed by atoms with Gasteiger partial charge in [-0.25, -0.2) is 4.98 Å². The molecule has 74 valence electrons. The largest absolute Gasteiger partial charge is 0.393 e. The highest BCUT2D eigenvalue weighted by atomic mass is 16.3. The van der Waals surface area contributed by atoms with Crippen molar-refractivity contribution in [2.24, 2.45) is 0 Å². The molecular weight excluding hydrogens is 178 g/mol. The highest BCUT2D eigenvalue weighted by Crippen LogP contribution is 2.07. The summed E-state index contributed by atoms with van der Waals surface area (Å²) in [7, 11) is 0. The molecular formula is C10H13N3O. The molecule has 4 nitrogen and oxygen atoms in total. The Balaban J connectivity index is 2.47. The summed E-state index contributed by atoms with van der Waals surface area (Å²) in [5, 5.41) is 20.7. The Bertz CT molecular complexity index is 330. The molecule has 0 saturated heterocycles. The lowest BCUT2D eigenvalue weighted by Gasteiger charge is -2.07. The molecule has 1 aromatic heterocycles. The van der Waals surface area contributed by atoms with Gasteiger partial charge in [-0.05, 0) is 25.5 Å². The predicted octanol–water partition coefficient (Wildman–Crippen LogP) is 1.14. The van der Waals surface area contributed by atoms with Gasteiger partial charge in [-0.15, -0.1) is 0 Å².